The third-order valence-electron chi connectivity index (χ3n) is 5.02. The molecule has 20 heavy (non-hydrogen) atoms. The van der Waals surface area contributed by atoms with Crippen molar-refractivity contribution in [1.29, 1.82) is 0 Å². The molecular weight excluding hydrogens is 264 g/mol. The predicted molar refractivity (Wildman–Crippen MR) is 87.7 cm³/mol. The molecule has 0 bridgehead atoms. The molecule has 108 valence electrons. The van der Waals surface area contributed by atoms with Crippen LogP contribution in [0.3, 0.4) is 0 Å². The van der Waals surface area contributed by atoms with Gasteiger partial charge in [0.15, 0.2) is 0 Å². The van der Waals surface area contributed by atoms with Crippen LogP contribution in [-0.2, 0) is 6.54 Å². The van der Waals surface area contributed by atoms with Gasteiger partial charge in [-0.2, -0.15) is 0 Å². The zero-order chi connectivity index (χ0) is 13.9. The van der Waals surface area contributed by atoms with Crippen molar-refractivity contribution in [2.75, 3.05) is 13.1 Å². The normalized spacial score (nSPS) is 27.0. The van der Waals surface area contributed by atoms with Gasteiger partial charge in [0.05, 0.1) is 0 Å². The number of hydrogen-bond donors (Lipinski definition) is 1. The lowest BCUT2D eigenvalue weighted by molar-refractivity contribution is 0.0820. The number of benzene rings is 1. The van der Waals surface area contributed by atoms with Crippen molar-refractivity contribution in [3.8, 4) is 0 Å². The van der Waals surface area contributed by atoms with Crippen LogP contribution in [-0.4, -0.2) is 23.0 Å². The van der Waals surface area contributed by atoms with Crippen molar-refractivity contribution < 1.29 is 0 Å². The zero-order valence-corrected chi connectivity index (χ0v) is 12.9. The summed E-state index contributed by atoms with van der Waals surface area (Å²) in [7, 11) is 0. The largest absolute Gasteiger partial charge is 0.389 e. The number of hydrogen-bond acceptors (Lipinski definition) is 2. The van der Waals surface area contributed by atoms with E-state index in [9.17, 15) is 0 Å². The van der Waals surface area contributed by atoms with E-state index < -0.39 is 0 Å². The van der Waals surface area contributed by atoms with E-state index in [1.54, 1.807) is 0 Å². The molecule has 1 heterocycles. The van der Waals surface area contributed by atoms with Gasteiger partial charge in [-0.1, -0.05) is 55.7 Å². The second-order valence-corrected chi connectivity index (χ2v) is 6.83. The molecule has 0 amide bonds. The Morgan fingerprint density at radius 3 is 2.50 bits per heavy atom. The van der Waals surface area contributed by atoms with Gasteiger partial charge in [0.1, 0.15) is 4.99 Å². The minimum Gasteiger partial charge on any atom is -0.389 e. The number of rotatable bonds is 3. The summed E-state index contributed by atoms with van der Waals surface area (Å²) < 4.78 is 0. The van der Waals surface area contributed by atoms with Crippen LogP contribution in [0.1, 0.15) is 43.2 Å². The molecule has 1 saturated heterocycles. The highest BCUT2D eigenvalue weighted by atomic mass is 32.1. The van der Waals surface area contributed by atoms with E-state index in [1.165, 1.54) is 50.8 Å². The predicted octanol–water partition coefficient (Wildman–Crippen LogP) is 3.33. The zero-order valence-electron chi connectivity index (χ0n) is 12.1. The maximum Gasteiger partial charge on any atom is 0.103 e. The molecule has 1 aliphatic carbocycles. The van der Waals surface area contributed by atoms with E-state index in [-0.39, 0.29) is 0 Å². The molecular formula is C17H24N2S. The van der Waals surface area contributed by atoms with Crippen LogP contribution in [0.25, 0.3) is 0 Å². The Balaban J connectivity index is 1.59. The third kappa shape index (κ3) is 3.21. The van der Waals surface area contributed by atoms with Crippen LogP contribution in [0.4, 0.5) is 0 Å². The minimum absolute atomic E-state index is 0.486. The number of thiocarbonyl (C=S) groups is 1. The maximum absolute atomic E-state index is 5.64. The van der Waals surface area contributed by atoms with E-state index in [1.807, 2.05) is 12.1 Å². The molecule has 1 saturated carbocycles. The summed E-state index contributed by atoms with van der Waals surface area (Å²) in [6.45, 7) is 3.63. The van der Waals surface area contributed by atoms with Gasteiger partial charge in [-0.25, -0.2) is 0 Å². The highest BCUT2D eigenvalue weighted by Crippen LogP contribution is 2.36. The number of likely N-dealkylation sites (tertiary alicyclic amines) is 1. The first kappa shape index (κ1) is 14.0. The molecule has 1 aromatic rings. The van der Waals surface area contributed by atoms with E-state index in [4.69, 9.17) is 18.0 Å². The van der Waals surface area contributed by atoms with Crippen molar-refractivity contribution in [1.82, 2.24) is 4.90 Å². The van der Waals surface area contributed by atoms with Gasteiger partial charge >= 0.3 is 0 Å². The maximum atomic E-state index is 5.64. The molecule has 0 radical (unpaired) electrons. The summed E-state index contributed by atoms with van der Waals surface area (Å²) in [5, 5.41) is 0. The highest BCUT2D eigenvalue weighted by Gasteiger charge is 2.30. The summed E-state index contributed by atoms with van der Waals surface area (Å²) in [6.07, 6.45) is 7.22. The minimum atomic E-state index is 0.486. The average molecular weight is 288 g/mol. The number of nitrogens with zero attached hydrogens (tertiary/aromatic N) is 1. The van der Waals surface area contributed by atoms with Crippen molar-refractivity contribution in [2.24, 2.45) is 17.6 Å². The van der Waals surface area contributed by atoms with E-state index in [0.717, 1.165) is 23.9 Å². The Labute approximate surface area is 127 Å². The lowest BCUT2D eigenvalue weighted by Crippen LogP contribution is -2.41. The Kier molecular flexibility index (Phi) is 4.37. The first-order valence-electron chi connectivity index (χ1n) is 7.83. The van der Waals surface area contributed by atoms with E-state index in [0.29, 0.717) is 4.99 Å². The molecule has 2 atom stereocenters. The quantitative estimate of drug-likeness (QED) is 0.865. The molecule has 0 spiro atoms. The van der Waals surface area contributed by atoms with E-state index >= 15 is 0 Å². The second kappa shape index (κ2) is 6.23. The van der Waals surface area contributed by atoms with Crippen molar-refractivity contribution in [3.63, 3.8) is 0 Å². The summed E-state index contributed by atoms with van der Waals surface area (Å²) >= 11 is 5.00. The van der Waals surface area contributed by atoms with E-state index in [2.05, 4.69) is 17.0 Å². The second-order valence-electron chi connectivity index (χ2n) is 6.39. The van der Waals surface area contributed by atoms with Crippen LogP contribution in [0, 0.1) is 11.8 Å². The molecule has 1 aliphatic heterocycles. The Bertz CT molecular complexity index is 468. The summed E-state index contributed by atoms with van der Waals surface area (Å²) in [4.78, 5) is 3.11. The fourth-order valence-electron chi connectivity index (χ4n) is 3.85. The van der Waals surface area contributed by atoms with Gasteiger partial charge in [0, 0.05) is 18.7 Å². The van der Waals surface area contributed by atoms with Crippen molar-refractivity contribution in [3.05, 3.63) is 35.4 Å². The molecule has 1 aromatic carbocycles. The SMILES string of the molecule is NC(=S)c1ccc(CN2CCC3CCCCC3C2)cc1. The number of fused-ring (bicyclic) bond motifs is 1. The Morgan fingerprint density at radius 1 is 1.10 bits per heavy atom. The molecule has 2 fully saturated rings. The molecule has 2 N–H and O–H groups in total. The standard InChI is InChI=1S/C17H24N2S/c18-17(20)15-7-5-13(6-8-15)11-19-10-9-14-3-1-2-4-16(14)12-19/h5-8,14,16H,1-4,9-12H2,(H2,18,20). The number of piperidine rings is 1. The van der Waals surface area contributed by atoms with Gasteiger partial charge in [-0.3, -0.25) is 4.90 Å². The fourth-order valence-corrected chi connectivity index (χ4v) is 3.99. The van der Waals surface area contributed by atoms with Crippen LogP contribution in [0.15, 0.2) is 24.3 Å². The van der Waals surface area contributed by atoms with Gasteiger partial charge in [0.25, 0.3) is 0 Å². The van der Waals surface area contributed by atoms with Gasteiger partial charge < -0.3 is 5.73 Å². The first-order chi connectivity index (χ1) is 9.72. The molecule has 3 heteroatoms. The lowest BCUT2D eigenvalue weighted by Gasteiger charge is -2.41. The smallest absolute Gasteiger partial charge is 0.103 e. The van der Waals surface area contributed by atoms with Crippen LogP contribution >= 0.6 is 12.2 Å². The van der Waals surface area contributed by atoms with Gasteiger partial charge in [0.2, 0.25) is 0 Å². The first-order valence-corrected chi connectivity index (χ1v) is 8.24. The highest BCUT2D eigenvalue weighted by molar-refractivity contribution is 7.80. The van der Waals surface area contributed by atoms with Crippen LogP contribution in [0.5, 0.6) is 0 Å². The molecule has 0 aromatic heterocycles. The summed E-state index contributed by atoms with van der Waals surface area (Å²) in [5.41, 5.74) is 7.98. The lowest BCUT2D eigenvalue weighted by atomic mass is 9.75. The molecule has 2 unspecified atom stereocenters. The van der Waals surface area contributed by atoms with Crippen LogP contribution in [0.2, 0.25) is 0 Å². The molecule has 2 nitrogen and oxygen atoms in total. The Morgan fingerprint density at radius 2 is 1.80 bits per heavy atom. The topological polar surface area (TPSA) is 29.3 Å². The molecule has 2 aliphatic rings. The Hall–Kier alpha value is -0.930. The summed E-state index contributed by atoms with van der Waals surface area (Å²) in [5.74, 6) is 1.96. The monoisotopic (exact) mass is 288 g/mol. The fraction of sp³-hybridized carbons (Fsp3) is 0.588. The van der Waals surface area contributed by atoms with Gasteiger partial charge in [-0.05, 0) is 36.8 Å². The van der Waals surface area contributed by atoms with Crippen LogP contribution < -0.4 is 5.73 Å². The van der Waals surface area contributed by atoms with Gasteiger partial charge in [-0.15, -0.1) is 0 Å². The van der Waals surface area contributed by atoms with Crippen molar-refractivity contribution >= 4 is 17.2 Å². The third-order valence-corrected chi connectivity index (χ3v) is 5.26. The number of nitrogens with two attached hydrogens (primary N) is 1. The molecule has 3 rings (SSSR count). The van der Waals surface area contributed by atoms with Crippen molar-refractivity contribution in [2.45, 2.75) is 38.6 Å². The summed E-state index contributed by atoms with van der Waals surface area (Å²) in [6, 6.07) is 8.43. The average Bonchev–Trinajstić information content (AvgIpc) is 2.48.